The molecule has 0 aliphatic carbocycles. The van der Waals surface area contributed by atoms with Crippen molar-refractivity contribution >= 4 is 11.9 Å². The minimum atomic E-state index is -0.998. The molecule has 0 unspecified atom stereocenters. The fourth-order valence-electron chi connectivity index (χ4n) is 1.27. The maximum absolute atomic E-state index is 11.0. The van der Waals surface area contributed by atoms with Crippen molar-refractivity contribution in [3.8, 4) is 0 Å². The van der Waals surface area contributed by atoms with Gasteiger partial charge in [0, 0.05) is 5.56 Å². The average molecular weight is 208 g/mol. The van der Waals surface area contributed by atoms with Crippen LogP contribution < -0.4 is 0 Å². The van der Waals surface area contributed by atoms with Gasteiger partial charge in [-0.15, -0.1) is 0 Å². The Balaban J connectivity index is 0.000000531. The minimum absolute atomic E-state index is 0.176. The molecular formula is C11H12O4. The summed E-state index contributed by atoms with van der Waals surface area (Å²) in [7, 11) is 0. The molecule has 0 aromatic heterocycles. The Morgan fingerprint density at radius 1 is 1.40 bits per heavy atom. The zero-order valence-corrected chi connectivity index (χ0v) is 8.61. The van der Waals surface area contributed by atoms with Gasteiger partial charge < -0.3 is 9.84 Å². The van der Waals surface area contributed by atoms with Gasteiger partial charge in [-0.25, -0.2) is 9.59 Å². The summed E-state index contributed by atoms with van der Waals surface area (Å²) in [5.74, 6) is -1.38. The first-order valence-electron chi connectivity index (χ1n) is 4.72. The van der Waals surface area contributed by atoms with E-state index in [0.29, 0.717) is 11.1 Å². The van der Waals surface area contributed by atoms with E-state index >= 15 is 0 Å². The lowest BCUT2D eigenvalue weighted by Crippen LogP contribution is -1.98. The summed E-state index contributed by atoms with van der Waals surface area (Å²) >= 11 is 0. The zero-order valence-electron chi connectivity index (χ0n) is 8.61. The van der Waals surface area contributed by atoms with E-state index in [9.17, 15) is 9.59 Å². The van der Waals surface area contributed by atoms with Gasteiger partial charge in [-0.05, 0) is 18.2 Å². The van der Waals surface area contributed by atoms with Crippen molar-refractivity contribution in [2.75, 3.05) is 0 Å². The van der Waals surface area contributed by atoms with Crippen LogP contribution in [0.25, 0.3) is 0 Å². The largest absolute Gasteiger partial charge is 0.478 e. The average Bonchev–Trinajstić information content (AvgIpc) is 2.63. The van der Waals surface area contributed by atoms with Gasteiger partial charge in [0.25, 0.3) is 0 Å². The Morgan fingerprint density at radius 2 is 2.07 bits per heavy atom. The van der Waals surface area contributed by atoms with Gasteiger partial charge in [-0.3, -0.25) is 0 Å². The Bertz CT molecular complexity index is 396. The Hall–Kier alpha value is -1.84. The predicted octanol–water partition coefficient (Wildman–Crippen LogP) is 2.08. The van der Waals surface area contributed by atoms with Crippen molar-refractivity contribution < 1.29 is 19.4 Å². The highest BCUT2D eigenvalue weighted by Gasteiger charge is 2.21. The molecule has 1 aliphatic heterocycles. The van der Waals surface area contributed by atoms with Crippen LogP contribution in [0.3, 0.4) is 0 Å². The number of cyclic esters (lactones) is 1. The third-order valence-corrected chi connectivity index (χ3v) is 1.93. The third-order valence-electron chi connectivity index (χ3n) is 1.93. The topological polar surface area (TPSA) is 63.6 Å². The quantitative estimate of drug-likeness (QED) is 0.717. The van der Waals surface area contributed by atoms with E-state index in [-0.39, 0.29) is 18.1 Å². The molecule has 1 N–H and O–H groups in total. The number of carbonyl (C=O) groups excluding carboxylic acids is 1. The van der Waals surface area contributed by atoms with Gasteiger partial charge in [0.15, 0.2) is 0 Å². The molecular weight excluding hydrogens is 196 g/mol. The maximum atomic E-state index is 11.0. The fourth-order valence-corrected chi connectivity index (χ4v) is 1.27. The molecule has 0 spiro atoms. The number of benzene rings is 1. The number of hydrogen-bond acceptors (Lipinski definition) is 3. The summed E-state index contributed by atoms with van der Waals surface area (Å²) < 4.78 is 4.73. The molecule has 4 heteroatoms. The van der Waals surface area contributed by atoms with Crippen molar-refractivity contribution in [3.05, 3.63) is 34.9 Å². The summed E-state index contributed by atoms with van der Waals surface area (Å²) in [6, 6.07) is 4.34. The summed E-state index contributed by atoms with van der Waals surface area (Å²) in [4.78, 5) is 21.5. The predicted molar refractivity (Wildman–Crippen MR) is 53.9 cm³/mol. The van der Waals surface area contributed by atoms with Gasteiger partial charge in [0.2, 0.25) is 0 Å². The number of ether oxygens (including phenoxy) is 1. The number of carboxylic acids is 1. The molecule has 2 rings (SSSR count). The van der Waals surface area contributed by atoms with Gasteiger partial charge in [0.05, 0.1) is 11.1 Å². The lowest BCUT2D eigenvalue weighted by Gasteiger charge is -1.95. The standard InChI is InChI=1S/C9H6O4.C2H6/c10-8(11)5-1-2-7-6(3-5)4-13-9(7)12;1-2/h1-3H,4H2,(H,10,11);1-2H3. The second-order valence-electron chi connectivity index (χ2n) is 2.75. The van der Waals surface area contributed by atoms with E-state index in [2.05, 4.69) is 0 Å². The molecule has 1 aromatic carbocycles. The summed E-state index contributed by atoms with van der Waals surface area (Å²) in [5.41, 5.74) is 1.28. The smallest absolute Gasteiger partial charge is 0.338 e. The number of carboxylic acid groups (broad SMARTS) is 1. The molecule has 15 heavy (non-hydrogen) atoms. The summed E-state index contributed by atoms with van der Waals surface area (Å²) in [6.45, 7) is 4.18. The second kappa shape index (κ2) is 4.59. The van der Waals surface area contributed by atoms with Crippen LogP contribution >= 0.6 is 0 Å². The molecule has 80 valence electrons. The second-order valence-corrected chi connectivity index (χ2v) is 2.75. The van der Waals surface area contributed by atoms with Crippen LogP contribution in [0.2, 0.25) is 0 Å². The van der Waals surface area contributed by atoms with Crippen LogP contribution in [0, 0.1) is 0 Å². The van der Waals surface area contributed by atoms with E-state index in [0.717, 1.165) is 0 Å². The summed E-state index contributed by atoms with van der Waals surface area (Å²) in [5, 5.41) is 8.66. The van der Waals surface area contributed by atoms with E-state index in [1.54, 1.807) is 0 Å². The third kappa shape index (κ3) is 2.15. The molecule has 0 saturated carbocycles. The van der Waals surface area contributed by atoms with Crippen LogP contribution in [0.4, 0.5) is 0 Å². The first-order valence-corrected chi connectivity index (χ1v) is 4.72. The van der Waals surface area contributed by atoms with Crippen molar-refractivity contribution in [2.45, 2.75) is 20.5 Å². The van der Waals surface area contributed by atoms with E-state index in [1.807, 2.05) is 13.8 Å². The maximum Gasteiger partial charge on any atom is 0.338 e. The van der Waals surface area contributed by atoms with Crippen LogP contribution in [0.15, 0.2) is 18.2 Å². The Morgan fingerprint density at radius 3 is 2.67 bits per heavy atom. The van der Waals surface area contributed by atoms with E-state index in [4.69, 9.17) is 9.84 Å². The van der Waals surface area contributed by atoms with E-state index < -0.39 is 5.97 Å². The number of hydrogen-bond donors (Lipinski definition) is 1. The molecule has 0 atom stereocenters. The molecule has 1 aromatic rings. The van der Waals surface area contributed by atoms with Gasteiger partial charge in [0.1, 0.15) is 6.61 Å². The highest BCUT2D eigenvalue weighted by molar-refractivity contribution is 5.95. The van der Waals surface area contributed by atoms with Gasteiger partial charge in [-0.1, -0.05) is 13.8 Å². The summed E-state index contributed by atoms with van der Waals surface area (Å²) in [6.07, 6.45) is 0. The highest BCUT2D eigenvalue weighted by Crippen LogP contribution is 2.20. The van der Waals surface area contributed by atoms with Crippen molar-refractivity contribution in [1.29, 1.82) is 0 Å². The number of aromatic carboxylic acids is 1. The normalized spacial score (nSPS) is 12.3. The van der Waals surface area contributed by atoms with Gasteiger partial charge >= 0.3 is 11.9 Å². The van der Waals surface area contributed by atoms with Crippen LogP contribution in [-0.4, -0.2) is 17.0 Å². The number of rotatable bonds is 1. The Labute approximate surface area is 87.5 Å². The minimum Gasteiger partial charge on any atom is -0.478 e. The highest BCUT2D eigenvalue weighted by atomic mass is 16.5. The number of carbonyl (C=O) groups is 2. The van der Waals surface area contributed by atoms with Crippen molar-refractivity contribution in [3.63, 3.8) is 0 Å². The van der Waals surface area contributed by atoms with E-state index in [1.165, 1.54) is 18.2 Å². The lowest BCUT2D eigenvalue weighted by molar-refractivity contribution is 0.0535. The molecule has 1 aliphatic rings. The first-order chi connectivity index (χ1) is 7.18. The zero-order chi connectivity index (χ0) is 11.4. The first kappa shape index (κ1) is 11.2. The molecule has 1 heterocycles. The van der Waals surface area contributed by atoms with Crippen molar-refractivity contribution in [1.82, 2.24) is 0 Å². The van der Waals surface area contributed by atoms with Crippen LogP contribution in [-0.2, 0) is 11.3 Å². The molecule has 0 saturated heterocycles. The molecule has 0 radical (unpaired) electrons. The SMILES string of the molecule is CC.O=C(O)c1ccc2c(c1)COC2=O. The molecule has 0 bridgehead atoms. The van der Waals surface area contributed by atoms with Crippen LogP contribution in [0.5, 0.6) is 0 Å². The fraction of sp³-hybridized carbons (Fsp3) is 0.273. The van der Waals surface area contributed by atoms with Crippen molar-refractivity contribution in [2.24, 2.45) is 0 Å². The molecule has 0 amide bonds. The molecule has 4 nitrogen and oxygen atoms in total. The van der Waals surface area contributed by atoms with Gasteiger partial charge in [-0.2, -0.15) is 0 Å². The number of esters is 1. The monoisotopic (exact) mass is 208 g/mol. The van der Waals surface area contributed by atoms with Crippen LogP contribution in [0.1, 0.15) is 40.1 Å². The number of fused-ring (bicyclic) bond motifs is 1. The lowest BCUT2D eigenvalue weighted by atomic mass is 10.1. The Kier molecular flexibility index (Phi) is 3.44. The molecule has 0 fully saturated rings.